The predicted octanol–water partition coefficient (Wildman–Crippen LogP) is 1.13. The van der Waals surface area contributed by atoms with Crippen LogP contribution in [0.2, 0.25) is 0 Å². The summed E-state index contributed by atoms with van der Waals surface area (Å²) in [5, 5.41) is 5.65. The van der Waals surface area contributed by atoms with Crippen molar-refractivity contribution in [1.82, 2.24) is 10.6 Å². The van der Waals surface area contributed by atoms with Crippen LogP contribution in [0, 0.1) is 17.6 Å². The van der Waals surface area contributed by atoms with Crippen molar-refractivity contribution in [1.29, 1.82) is 0 Å². The molecule has 1 amide bonds. The third kappa shape index (κ3) is 3.66. The fraction of sp³-hybridized carbons (Fsp3) is 0.500. The minimum atomic E-state index is -0.830. The molecule has 0 aromatic heterocycles. The quantitative estimate of drug-likeness (QED) is 0.851. The average molecular weight is 283 g/mol. The van der Waals surface area contributed by atoms with Crippen LogP contribution in [0.15, 0.2) is 18.2 Å². The molecule has 1 aromatic rings. The van der Waals surface area contributed by atoms with Crippen LogP contribution in [0.3, 0.4) is 0 Å². The normalized spacial score (nSPS) is 18.4. The number of carbonyl (C=O) groups excluding carboxylic acids is 1. The first-order valence-electron chi connectivity index (χ1n) is 6.71. The summed E-state index contributed by atoms with van der Waals surface area (Å²) in [6.07, 6.45) is 0.929. The number of hydrogen-bond donors (Lipinski definition) is 2. The van der Waals surface area contributed by atoms with E-state index in [2.05, 4.69) is 10.6 Å². The maximum Gasteiger partial charge on any atom is 0.233 e. The van der Waals surface area contributed by atoms with Crippen molar-refractivity contribution >= 4 is 11.6 Å². The molecule has 1 aliphatic heterocycles. The number of likely N-dealkylation sites (N-methyl/N-ethyl adjacent to an activating group) is 1. The summed E-state index contributed by atoms with van der Waals surface area (Å²) in [4.78, 5) is 13.4. The minimum absolute atomic E-state index is 0.0289. The summed E-state index contributed by atoms with van der Waals surface area (Å²) in [5.74, 6) is -1.35. The van der Waals surface area contributed by atoms with E-state index in [1.54, 1.807) is 13.1 Å². The first-order valence-corrected chi connectivity index (χ1v) is 6.71. The number of amides is 1. The summed E-state index contributed by atoms with van der Waals surface area (Å²) in [7, 11) is 1.72. The molecule has 110 valence electrons. The Bertz CT molecular complexity index is 481. The standard InChI is InChI=1S/C14H19F2N3O/c1-17-8-14(20)18-7-10-4-5-19(9-10)11-2-3-12(15)13(16)6-11/h2-3,6,10,17H,4-5,7-9H2,1H3,(H,18,20)/t10-/m1/s1. The third-order valence-electron chi connectivity index (χ3n) is 3.48. The molecule has 0 spiro atoms. The maximum atomic E-state index is 13.2. The molecular formula is C14H19F2N3O. The van der Waals surface area contributed by atoms with Gasteiger partial charge in [0.25, 0.3) is 0 Å². The highest BCUT2D eigenvalue weighted by Gasteiger charge is 2.23. The number of hydrogen-bond acceptors (Lipinski definition) is 3. The van der Waals surface area contributed by atoms with Crippen molar-refractivity contribution < 1.29 is 13.6 Å². The van der Waals surface area contributed by atoms with Gasteiger partial charge in [0.05, 0.1) is 6.54 Å². The summed E-state index contributed by atoms with van der Waals surface area (Å²) in [6, 6.07) is 3.95. The fourth-order valence-corrected chi connectivity index (χ4v) is 2.40. The summed E-state index contributed by atoms with van der Waals surface area (Å²) in [5.41, 5.74) is 0.688. The van der Waals surface area contributed by atoms with Gasteiger partial charge in [0.1, 0.15) is 0 Å². The van der Waals surface area contributed by atoms with E-state index < -0.39 is 11.6 Å². The molecule has 2 N–H and O–H groups in total. The number of rotatable bonds is 5. The molecule has 0 bridgehead atoms. The number of benzene rings is 1. The highest BCUT2D eigenvalue weighted by molar-refractivity contribution is 5.77. The first kappa shape index (κ1) is 14.7. The molecule has 4 nitrogen and oxygen atoms in total. The van der Waals surface area contributed by atoms with Crippen molar-refractivity contribution in [3.63, 3.8) is 0 Å². The second-order valence-corrected chi connectivity index (χ2v) is 5.03. The molecule has 0 unspecified atom stereocenters. The molecular weight excluding hydrogens is 264 g/mol. The Kier molecular flexibility index (Phi) is 4.89. The van der Waals surface area contributed by atoms with Gasteiger partial charge in [0, 0.05) is 31.4 Å². The monoisotopic (exact) mass is 283 g/mol. The smallest absolute Gasteiger partial charge is 0.233 e. The topological polar surface area (TPSA) is 44.4 Å². The zero-order chi connectivity index (χ0) is 14.5. The van der Waals surface area contributed by atoms with Gasteiger partial charge in [-0.25, -0.2) is 8.78 Å². The predicted molar refractivity (Wildman–Crippen MR) is 73.6 cm³/mol. The maximum absolute atomic E-state index is 13.2. The largest absolute Gasteiger partial charge is 0.371 e. The van der Waals surface area contributed by atoms with Gasteiger partial charge in [-0.3, -0.25) is 4.79 Å². The van der Waals surface area contributed by atoms with Crippen molar-refractivity contribution in [2.24, 2.45) is 5.92 Å². The lowest BCUT2D eigenvalue weighted by Gasteiger charge is -2.19. The van der Waals surface area contributed by atoms with Crippen LogP contribution in [0.1, 0.15) is 6.42 Å². The number of halogens is 2. The molecule has 1 aromatic carbocycles. The van der Waals surface area contributed by atoms with Crippen LogP contribution < -0.4 is 15.5 Å². The molecule has 0 saturated carbocycles. The molecule has 1 aliphatic rings. The van der Waals surface area contributed by atoms with Gasteiger partial charge < -0.3 is 15.5 Å². The molecule has 20 heavy (non-hydrogen) atoms. The second-order valence-electron chi connectivity index (χ2n) is 5.03. The van der Waals surface area contributed by atoms with Crippen molar-refractivity contribution in [3.05, 3.63) is 29.8 Å². The van der Waals surface area contributed by atoms with Crippen LogP contribution in [0.4, 0.5) is 14.5 Å². The molecule has 0 radical (unpaired) electrons. The molecule has 2 rings (SSSR count). The van der Waals surface area contributed by atoms with E-state index in [9.17, 15) is 13.6 Å². The second kappa shape index (κ2) is 6.65. The Morgan fingerprint density at radius 1 is 1.40 bits per heavy atom. The van der Waals surface area contributed by atoms with E-state index >= 15 is 0 Å². The molecule has 1 fully saturated rings. The van der Waals surface area contributed by atoms with Gasteiger partial charge in [-0.1, -0.05) is 0 Å². The Balaban J connectivity index is 1.85. The van der Waals surface area contributed by atoms with Crippen LogP contribution in [-0.4, -0.2) is 39.1 Å². The Labute approximate surface area is 117 Å². The van der Waals surface area contributed by atoms with Crippen LogP contribution >= 0.6 is 0 Å². The van der Waals surface area contributed by atoms with Crippen LogP contribution in [0.25, 0.3) is 0 Å². The lowest BCUT2D eigenvalue weighted by molar-refractivity contribution is -0.120. The van der Waals surface area contributed by atoms with Crippen LogP contribution in [-0.2, 0) is 4.79 Å². The molecule has 1 saturated heterocycles. The molecule has 1 atom stereocenters. The zero-order valence-corrected chi connectivity index (χ0v) is 11.5. The van der Waals surface area contributed by atoms with Gasteiger partial charge >= 0.3 is 0 Å². The van der Waals surface area contributed by atoms with E-state index in [1.807, 2.05) is 4.90 Å². The first-order chi connectivity index (χ1) is 9.60. The van der Waals surface area contributed by atoms with E-state index in [4.69, 9.17) is 0 Å². The van der Waals surface area contributed by atoms with Gasteiger partial charge in [-0.2, -0.15) is 0 Å². The molecule has 0 aliphatic carbocycles. The lowest BCUT2D eigenvalue weighted by Crippen LogP contribution is -2.36. The zero-order valence-electron chi connectivity index (χ0n) is 11.5. The van der Waals surface area contributed by atoms with Crippen molar-refractivity contribution in [2.45, 2.75) is 6.42 Å². The number of nitrogens with zero attached hydrogens (tertiary/aromatic N) is 1. The number of nitrogens with one attached hydrogen (secondary N) is 2. The van der Waals surface area contributed by atoms with Gasteiger partial charge in [-0.05, 0) is 31.5 Å². The molecule has 6 heteroatoms. The van der Waals surface area contributed by atoms with E-state index in [0.29, 0.717) is 24.7 Å². The summed E-state index contributed by atoms with van der Waals surface area (Å²) >= 11 is 0. The van der Waals surface area contributed by atoms with E-state index in [-0.39, 0.29) is 5.91 Å². The highest BCUT2D eigenvalue weighted by atomic mass is 19.2. The Morgan fingerprint density at radius 3 is 2.90 bits per heavy atom. The summed E-state index contributed by atoms with van der Waals surface area (Å²) < 4.78 is 26.1. The third-order valence-corrected chi connectivity index (χ3v) is 3.48. The average Bonchev–Trinajstić information content (AvgIpc) is 2.89. The van der Waals surface area contributed by atoms with E-state index in [0.717, 1.165) is 25.6 Å². The lowest BCUT2D eigenvalue weighted by atomic mass is 10.1. The molecule has 1 heterocycles. The highest BCUT2D eigenvalue weighted by Crippen LogP contribution is 2.24. The van der Waals surface area contributed by atoms with Crippen molar-refractivity contribution in [2.75, 3.05) is 38.1 Å². The van der Waals surface area contributed by atoms with Gasteiger partial charge in [0.15, 0.2) is 11.6 Å². The van der Waals surface area contributed by atoms with Gasteiger partial charge in [0.2, 0.25) is 5.91 Å². The Morgan fingerprint density at radius 2 is 2.20 bits per heavy atom. The van der Waals surface area contributed by atoms with E-state index in [1.165, 1.54) is 6.07 Å². The number of anilines is 1. The fourth-order valence-electron chi connectivity index (χ4n) is 2.40. The van der Waals surface area contributed by atoms with Gasteiger partial charge in [-0.15, -0.1) is 0 Å². The Hall–Kier alpha value is -1.69. The number of carbonyl (C=O) groups is 1. The SMILES string of the molecule is CNCC(=O)NC[C@H]1CCN(c2ccc(F)c(F)c2)C1. The summed E-state index contributed by atoms with van der Waals surface area (Å²) in [6.45, 7) is 2.45. The minimum Gasteiger partial charge on any atom is -0.371 e. The van der Waals surface area contributed by atoms with Crippen LogP contribution in [0.5, 0.6) is 0 Å². The van der Waals surface area contributed by atoms with Crippen molar-refractivity contribution in [3.8, 4) is 0 Å².